The molecule has 2 atom stereocenters. The van der Waals surface area contributed by atoms with E-state index in [1.165, 1.54) is 4.88 Å². The largest absolute Gasteiger partial charge is 0.346 e. The number of carbonyl (C=O) groups is 1. The molecule has 0 spiro atoms. The van der Waals surface area contributed by atoms with Crippen molar-refractivity contribution in [1.82, 2.24) is 10.3 Å². The number of aryl methyl sites for hydroxylation is 1. The summed E-state index contributed by atoms with van der Waals surface area (Å²) in [6.45, 7) is 7.71. The van der Waals surface area contributed by atoms with Gasteiger partial charge in [0.1, 0.15) is 10.9 Å². The van der Waals surface area contributed by atoms with E-state index in [0.717, 1.165) is 11.4 Å². The molecular formula is C13H19N3OS. The Morgan fingerprint density at radius 3 is 2.67 bits per heavy atom. The van der Waals surface area contributed by atoms with Crippen LogP contribution in [-0.4, -0.2) is 10.9 Å². The van der Waals surface area contributed by atoms with Crippen LogP contribution in [0, 0.1) is 23.2 Å². The van der Waals surface area contributed by atoms with Crippen molar-refractivity contribution in [3.8, 4) is 6.07 Å². The van der Waals surface area contributed by atoms with Gasteiger partial charge in [-0.2, -0.15) is 5.26 Å². The Morgan fingerprint density at radius 1 is 1.56 bits per heavy atom. The first-order chi connectivity index (χ1) is 8.49. The smallest absolute Gasteiger partial charge is 0.238 e. The summed E-state index contributed by atoms with van der Waals surface area (Å²) in [4.78, 5) is 17.4. The molecule has 1 aromatic rings. The minimum absolute atomic E-state index is 0.0182. The van der Waals surface area contributed by atoms with E-state index in [4.69, 9.17) is 5.26 Å². The topological polar surface area (TPSA) is 65.8 Å². The Hall–Kier alpha value is -1.41. The Morgan fingerprint density at radius 2 is 2.22 bits per heavy atom. The van der Waals surface area contributed by atoms with Crippen LogP contribution in [0.15, 0.2) is 6.20 Å². The summed E-state index contributed by atoms with van der Waals surface area (Å²) in [5, 5.41) is 12.7. The lowest BCUT2D eigenvalue weighted by molar-refractivity contribution is -0.125. The molecule has 1 amide bonds. The first-order valence-corrected chi connectivity index (χ1v) is 6.95. The van der Waals surface area contributed by atoms with Gasteiger partial charge in [0.05, 0.1) is 12.1 Å². The van der Waals surface area contributed by atoms with Gasteiger partial charge in [-0.3, -0.25) is 4.79 Å². The molecule has 0 fully saturated rings. The third-order valence-electron chi connectivity index (χ3n) is 2.74. The average Bonchev–Trinajstić information content (AvgIpc) is 2.77. The van der Waals surface area contributed by atoms with Crippen molar-refractivity contribution >= 4 is 17.2 Å². The first kappa shape index (κ1) is 14.7. The Bertz CT molecular complexity index is 447. The molecular weight excluding hydrogens is 246 g/mol. The number of nitriles is 1. The summed E-state index contributed by atoms with van der Waals surface area (Å²) in [7, 11) is 0. The van der Waals surface area contributed by atoms with Gasteiger partial charge < -0.3 is 5.32 Å². The average molecular weight is 265 g/mol. The molecule has 0 aliphatic rings. The summed E-state index contributed by atoms with van der Waals surface area (Å²) in [6, 6.07) is 1.90. The number of thiazole rings is 1. The van der Waals surface area contributed by atoms with Crippen LogP contribution >= 0.6 is 11.3 Å². The summed E-state index contributed by atoms with van der Waals surface area (Å²) in [5.41, 5.74) is 0. The molecule has 0 aliphatic heterocycles. The lowest BCUT2D eigenvalue weighted by Crippen LogP contribution is -2.34. The van der Waals surface area contributed by atoms with Crippen molar-refractivity contribution in [1.29, 1.82) is 5.26 Å². The number of amides is 1. The van der Waals surface area contributed by atoms with Crippen LogP contribution in [-0.2, 0) is 11.2 Å². The summed E-state index contributed by atoms with van der Waals surface area (Å²) in [5.74, 6) is -0.795. The summed E-state index contributed by atoms with van der Waals surface area (Å²) < 4.78 is 0. The normalized spacial score (nSPS) is 14.0. The number of nitrogens with zero attached hydrogens (tertiary/aromatic N) is 2. The van der Waals surface area contributed by atoms with E-state index >= 15 is 0 Å². The number of hydrogen-bond acceptors (Lipinski definition) is 4. The van der Waals surface area contributed by atoms with Crippen LogP contribution in [0.3, 0.4) is 0 Å². The Balaban J connectivity index is 2.67. The zero-order valence-electron chi connectivity index (χ0n) is 11.2. The second kappa shape index (κ2) is 6.50. The second-order valence-corrected chi connectivity index (χ2v) is 5.75. The molecule has 0 aromatic carbocycles. The Labute approximate surface area is 112 Å². The van der Waals surface area contributed by atoms with E-state index in [1.54, 1.807) is 11.3 Å². The van der Waals surface area contributed by atoms with Crippen LogP contribution in [0.1, 0.15) is 43.6 Å². The van der Waals surface area contributed by atoms with Gasteiger partial charge in [0.25, 0.3) is 0 Å². The fourth-order valence-corrected chi connectivity index (χ4v) is 2.42. The predicted molar refractivity (Wildman–Crippen MR) is 72.0 cm³/mol. The molecule has 5 heteroatoms. The standard InChI is InChI=1S/C13H19N3OS/c1-5-10-7-15-13(18-10)9(4)16-12(17)11(6-14)8(2)3/h7-9,11H,5H2,1-4H3,(H,16,17). The maximum Gasteiger partial charge on any atom is 0.238 e. The van der Waals surface area contributed by atoms with Gasteiger partial charge in [-0.15, -0.1) is 11.3 Å². The van der Waals surface area contributed by atoms with E-state index in [-0.39, 0.29) is 17.9 Å². The van der Waals surface area contributed by atoms with Crippen LogP contribution in [0.2, 0.25) is 0 Å². The maximum absolute atomic E-state index is 11.9. The highest BCUT2D eigenvalue weighted by Gasteiger charge is 2.24. The Kier molecular flexibility index (Phi) is 5.29. The number of carbonyl (C=O) groups excluding carboxylic acids is 1. The van der Waals surface area contributed by atoms with E-state index in [2.05, 4.69) is 17.2 Å². The van der Waals surface area contributed by atoms with Gasteiger partial charge in [0.15, 0.2) is 0 Å². The second-order valence-electron chi connectivity index (χ2n) is 4.60. The van der Waals surface area contributed by atoms with Gasteiger partial charge in [0.2, 0.25) is 5.91 Å². The van der Waals surface area contributed by atoms with E-state index < -0.39 is 5.92 Å². The molecule has 1 rings (SSSR count). The van der Waals surface area contributed by atoms with Crippen molar-refractivity contribution < 1.29 is 4.79 Å². The van der Waals surface area contributed by atoms with E-state index in [0.29, 0.717) is 0 Å². The van der Waals surface area contributed by atoms with Gasteiger partial charge in [-0.25, -0.2) is 4.98 Å². The molecule has 0 aliphatic carbocycles. The van der Waals surface area contributed by atoms with E-state index in [9.17, 15) is 4.79 Å². The molecule has 2 unspecified atom stereocenters. The molecule has 1 heterocycles. The fourth-order valence-electron chi connectivity index (χ4n) is 1.56. The number of hydrogen-bond donors (Lipinski definition) is 1. The van der Waals surface area contributed by atoms with Crippen molar-refractivity contribution in [2.24, 2.45) is 11.8 Å². The zero-order chi connectivity index (χ0) is 13.7. The van der Waals surface area contributed by atoms with Crippen LogP contribution in [0.4, 0.5) is 0 Å². The summed E-state index contributed by atoms with van der Waals surface area (Å²) in [6.07, 6.45) is 2.79. The van der Waals surface area contributed by atoms with Crippen molar-refractivity contribution in [3.63, 3.8) is 0 Å². The molecule has 1 aromatic heterocycles. The fraction of sp³-hybridized carbons (Fsp3) is 0.615. The van der Waals surface area contributed by atoms with Gasteiger partial charge in [0, 0.05) is 11.1 Å². The predicted octanol–water partition coefficient (Wildman–Crippen LogP) is 2.68. The maximum atomic E-state index is 11.9. The lowest BCUT2D eigenvalue weighted by atomic mass is 9.96. The molecule has 0 radical (unpaired) electrons. The zero-order valence-corrected chi connectivity index (χ0v) is 12.0. The number of nitrogens with one attached hydrogen (secondary N) is 1. The molecule has 0 bridgehead atoms. The van der Waals surface area contributed by atoms with Crippen LogP contribution in [0.25, 0.3) is 0 Å². The van der Waals surface area contributed by atoms with Gasteiger partial charge >= 0.3 is 0 Å². The highest BCUT2D eigenvalue weighted by Crippen LogP contribution is 2.21. The minimum Gasteiger partial charge on any atom is -0.346 e. The van der Waals surface area contributed by atoms with Crippen LogP contribution in [0.5, 0.6) is 0 Å². The molecule has 98 valence electrons. The van der Waals surface area contributed by atoms with Gasteiger partial charge in [-0.1, -0.05) is 20.8 Å². The monoisotopic (exact) mass is 265 g/mol. The van der Waals surface area contributed by atoms with Crippen molar-refractivity contribution in [2.45, 2.75) is 40.2 Å². The molecule has 18 heavy (non-hydrogen) atoms. The molecule has 0 saturated heterocycles. The highest BCUT2D eigenvalue weighted by atomic mass is 32.1. The number of rotatable bonds is 5. The highest BCUT2D eigenvalue weighted by molar-refractivity contribution is 7.11. The third kappa shape index (κ3) is 3.54. The third-order valence-corrected chi connectivity index (χ3v) is 4.06. The number of aromatic nitrogens is 1. The first-order valence-electron chi connectivity index (χ1n) is 6.14. The van der Waals surface area contributed by atoms with E-state index in [1.807, 2.05) is 33.0 Å². The molecule has 4 nitrogen and oxygen atoms in total. The lowest BCUT2D eigenvalue weighted by Gasteiger charge is -2.16. The van der Waals surface area contributed by atoms with Crippen molar-refractivity contribution in [2.75, 3.05) is 0 Å². The SMILES string of the molecule is CCc1cnc(C(C)NC(=O)C(C#N)C(C)C)s1. The van der Waals surface area contributed by atoms with Gasteiger partial charge in [-0.05, 0) is 19.3 Å². The van der Waals surface area contributed by atoms with Crippen LogP contribution < -0.4 is 5.32 Å². The molecule has 0 saturated carbocycles. The van der Waals surface area contributed by atoms with Crippen molar-refractivity contribution in [3.05, 3.63) is 16.1 Å². The quantitative estimate of drug-likeness (QED) is 0.890. The molecule has 1 N–H and O–H groups in total. The summed E-state index contributed by atoms with van der Waals surface area (Å²) >= 11 is 1.60. The minimum atomic E-state index is -0.599.